The van der Waals surface area contributed by atoms with E-state index < -0.39 is 0 Å². The molecule has 24 heavy (non-hydrogen) atoms. The van der Waals surface area contributed by atoms with Crippen molar-refractivity contribution in [3.63, 3.8) is 0 Å². The van der Waals surface area contributed by atoms with Crippen molar-refractivity contribution < 1.29 is 14.3 Å². The zero-order valence-corrected chi connectivity index (χ0v) is 15.2. The molecule has 0 radical (unpaired) electrons. The first-order valence-corrected chi connectivity index (χ1v) is 9.63. The second kappa shape index (κ2) is 7.95. The Labute approximate surface area is 151 Å². The van der Waals surface area contributed by atoms with Gasteiger partial charge >= 0.3 is 0 Å². The molecule has 1 atom stereocenters. The molecule has 3 heterocycles. The van der Waals surface area contributed by atoms with Crippen LogP contribution in [0.15, 0.2) is 12.1 Å². The van der Waals surface area contributed by atoms with Crippen LogP contribution in [0.3, 0.4) is 0 Å². The summed E-state index contributed by atoms with van der Waals surface area (Å²) in [5, 5.41) is 6.28. The molecule has 7 heteroatoms. The topological polar surface area (TPSA) is 67.4 Å². The lowest BCUT2D eigenvalue weighted by molar-refractivity contribution is -0.121. The van der Waals surface area contributed by atoms with E-state index in [0.29, 0.717) is 21.2 Å². The summed E-state index contributed by atoms with van der Waals surface area (Å²) >= 11 is 7.07. The third-order valence-electron chi connectivity index (χ3n) is 4.90. The summed E-state index contributed by atoms with van der Waals surface area (Å²) in [5.74, 6) is -0.131. The molecule has 2 fully saturated rings. The Kier molecular flexibility index (Phi) is 5.92. The molecule has 132 valence electrons. The molecule has 1 aromatic rings. The first-order chi connectivity index (χ1) is 11.6. The van der Waals surface area contributed by atoms with Gasteiger partial charge in [-0.1, -0.05) is 11.6 Å². The van der Waals surface area contributed by atoms with Crippen molar-refractivity contribution in [2.75, 3.05) is 26.2 Å². The van der Waals surface area contributed by atoms with E-state index in [1.807, 2.05) is 0 Å². The number of amides is 1. The maximum Gasteiger partial charge on any atom is 0.220 e. The highest BCUT2D eigenvalue weighted by Gasteiger charge is 2.40. The highest BCUT2D eigenvalue weighted by molar-refractivity contribution is 7.18. The number of nitrogens with one attached hydrogen (secondary N) is 2. The molecular weight excluding hydrogens is 348 g/mol. The van der Waals surface area contributed by atoms with Gasteiger partial charge in [-0.15, -0.1) is 11.3 Å². The quantitative estimate of drug-likeness (QED) is 0.755. The molecule has 2 N–H and O–H groups in total. The molecule has 1 spiro atoms. The van der Waals surface area contributed by atoms with Crippen molar-refractivity contribution in [3.8, 4) is 0 Å². The van der Waals surface area contributed by atoms with Gasteiger partial charge in [-0.2, -0.15) is 0 Å². The van der Waals surface area contributed by atoms with Gasteiger partial charge in [0.25, 0.3) is 0 Å². The first kappa shape index (κ1) is 17.9. The smallest absolute Gasteiger partial charge is 0.220 e. The predicted octanol–water partition coefficient (Wildman–Crippen LogP) is 2.64. The van der Waals surface area contributed by atoms with Crippen molar-refractivity contribution in [1.82, 2.24) is 10.6 Å². The summed E-state index contributed by atoms with van der Waals surface area (Å²) in [4.78, 5) is 24.5. The fourth-order valence-corrected chi connectivity index (χ4v) is 4.47. The van der Waals surface area contributed by atoms with Crippen LogP contribution in [0.4, 0.5) is 0 Å². The largest absolute Gasteiger partial charge is 0.376 e. The molecule has 2 aliphatic rings. The van der Waals surface area contributed by atoms with Crippen LogP contribution >= 0.6 is 22.9 Å². The number of ether oxygens (including phenoxy) is 1. The molecular formula is C17H23ClN2O3S. The van der Waals surface area contributed by atoms with Gasteiger partial charge in [0.1, 0.15) is 0 Å². The minimum Gasteiger partial charge on any atom is -0.376 e. The van der Waals surface area contributed by atoms with Crippen molar-refractivity contribution in [2.24, 2.45) is 5.41 Å². The molecule has 5 nitrogen and oxygen atoms in total. The number of ketones is 1. The van der Waals surface area contributed by atoms with Gasteiger partial charge < -0.3 is 15.4 Å². The van der Waals surface area contributed by atoms with E-state index in [4.69, 9.17) is 16.3 Å². The highest BCUT2D eigenvalue weighted by atomic mass is 35.5. The van der Waals surface area contributed by atoms with Gasteiger partial charge in [0.2, 0.25) is 5.91 Å². The molecule has 0 bridgehead atoms. The molecule has 0 saturated carbocycles. The van der Waals surface area contributed by atoms with Crippen LogP contribution in [0.5, 0.6) is 0 Å². The van der Waals surface area contributed by atoms with E-state index in [2.05, 4.69) is 10.6 Å². The van der Waals surface area contributed by atoms with Gasteiger partial charge in [-0.05, 0) is 49.9 Å². The summed E-state index contributed by atoms with van der Waals surface area (Å²) in [6, 6.07) is 3.41. The molecule has 1 unspecified atom stereocenters. The van der Waals surface area contributed by atoms with E-state index in [-0.39, 0.29) is 30.6 Å². The standard InChI is InChI=1S/C17H23ClN2O3S/c18-15-3-2-14(24-15)13(21)1-4-16(22)20-10-12-9-17(11-23-12)5-7-19-8-6-17/h2-3,12,19H,1,4-11H2,(H,20,22). The van der Waals surface area contributed by atoms with Crippen LogP contribution in [0.2, 0.25) is 4.34 Å². The number of rotatable bonds is 6. The Balaban J connectivity index is 1.36. The maximum absolute atomic E-state index is 12.0. The SMILES string of the molecule is O=C(CCC(=O)c1ccc(Cl)s1)NCC1CC2(CCNCC2)CO1. The third kappa shape index (κ3) is 4.57. The Morgan fingerprint density at radius 2 is 2.12 bits per heavy atom. The second-order valence-corrected chi connectivity index (χ2v) is 8.43. The van der Waals surface area contributed by atoms with E-state index in [1.165, 1.54) is 11.3 Å². The Morgan fingerprint density at radius 1 is 1.33 bits per heavy atom. The van der Waals surface area contributed by atoms with Crippen LogP contribution in [-0.2, 0) is 9.53 Å². The zero-order chi connectivity index (χ0) is 17.0. The highest BCUT2D eigenvalue weighted by Crippen LogP contribution is 2.40. The number of piperidine rings is 1. The third-order valence-corrected chi connectivity index (χ3v) is 6.18. The zero-order valence-electron chi connectivity index (χ0n) is 13.6. The Bertz CT molecular complexity index is 598. The van der Waals surface area contributed by atoms with Gasteiger partial charge in [-0.25, -0.2) is 0 Å². The summed E-state index contributed by atoms with van der Waals surface area (Å²) in [5.41, 5.74) is 0.301. The van der Waals surface area contributed by atoms with Gasteiger partial charge in [-0.3, -0.25) is 9.59 Å². The molecule has 1 amide bonds. The number of carbonyl (C=O) groups excluding carboxylic acids is 2. The molecule has 3 rings (SSSR count). The number of Topliss-reactive ketones (excluding diaryl/α,β-unsaturated/α-hetero) is 1. The van der Waals surface area contributed by atoms with E-state index in [9.17, 15) is 9.59 Å². The average Bonchev–Trinajstić information content (AvgIpc) is 3.18. The van der Waals surface area contributed by atoms with Crippen molar-refractivity contribution in [3.05, 3.63) is 21.3 Å². The molecule has 1 aromatic heterocycles. The summed E-state index contributed by atoms with van der Waals surface area (Å²) in [6.07, 6.45) is 3.82. The molecule has 2 aliphatic heterocycles. The van der Waals surface area contributed by atoms with Gasteiger partial charge in [0.15, 0.2) is 5.78 Å². The van der Waals surface area contributed by atoms with Crippen LogP contribution < -0.4 is 10.6 Å². The lowest BCUT2D eigenvalue weighted by Crippen LogP contribution is -2.38. The van der Waals surface area contributed by atoms with E-state index in [0.717, 1.165) is 39.0 Å². The number of thiophene rings is 1. The second-order valence-electron chi connectivity index (χ2n) is 6.72. The van der Waals surface area contributed by atoms with Crippen molar-refractivity contribution >= 4 is 34.6 Å². The fraction of sp³-hybridized carbons (Fsp3) is 0.647. The summed E-state index contributed by atoms with van der Waals surface area (Å²) in [6.45, 7) is 3.44. The number of hydrogen-bond donors (Lipinski definition) is 2. The number of halogens is 1. The number of hydrogen-bond acceptors (Lipinski definition) is 5. The Hall–Kier alpha value is -0.950. The molecule has 0 aromatic carbocycles. The maximum atomic E-state index is 12.0. The minimum absolute atomic E-state index is 0.0344. The Morgan fingerprint density at radius 3 is 2.83 bits per heavy atom. The normalized spacial score (nSPS) is 22.6. The van der Waals surface area contributed by atoms with Crippen LogP contribution in [0.1, 0.15) is 41.8 Å². The molecule has 0 aliphatic carbocycles. The first-order valence-electron chi connectivity index (χ1n) is 8.44. The average molecular weight is 371 g/mol. The number of carbonyl (C=O) groups is 2. The molecule has 2 saturated heterocycles. The van der Waals surface area contributed by atoms with Crippen LogP contribution in [0.25, 0.3) is 0 Å². The van der Waals surface area contributed by atoms with Gasteiger partial charge in [0, 0.05) is 19.4 Å². The lowest BCUT2D eigenvalue weighted by atomic mass is 9.77. The van der Waals surface area contributed by atoms with Crippen LogP contribution in [-0.4, -0.2) is 44.0 Å². The lowest BCUT2D eigenvalue weighted by Gasteiger charge is -2.32. The fourth-order valence-electron chi connectivity index (χ4n) is 3.46. The minimum atomic E-state index is -0.0964. The van der Waals surface area contributed by atoms with Crippen molar-refractivity contribution in [1.29, 1.82) is 0 Å². The van der Waals surface area contributed by atoms with Crippen LogP contribution in [0, 0.1) is 5.41 Å². The van der Waals surface area contributed by atoms with E-state index >= 15 is 0 Å². The van der Waals surface area contributed by atoms with Crippen molar-refractivity contribution in [2.45, 2.75) is 38.2 Å². The predicted molar refractivity (Wildman–Crippen MR) is 94.8 cm³/mol. The summed E-state index contributed by atoms with van der Waals surface area (Å²) in [7, 11) is 0. The van der Waals surface area contributed by atoms with Gasteiger partial charge in [0.05, 0.1) is 21.9 Å². The van der Waals surface area contributed by atoms with E-state index in [1.54, 1.807) is 12.1 Å². The summed E-state index contributed by atoms with van der Waals surface area (Å²) < 4.78 is 6.46. The monoisotopic (exact) mass is 370 g/mol.